The fourth-order valence-corrected chi connectivity index (χ4v) is 5.04. The maximum atomic E-state index is 13.3. The number of benzene rings is 1. The highest BCUT2D eigenvalue weighted by atomic mass is 28.4. The van der Waals surface area contributed by atoms with Crippen molar-refractivity contribution in [3.63, 3.8) is 0 Å². The van der Waals surface area contributed by atoms with E-state index in [-0.39, 0.29) is 22.2 Å². The number of halogens is 3. The molecule has 2 aromatic rings. The SMILES string of the molecule is CC(C)(CO[Si](C)(C)C(C)(C)C)n1cncc1C1=CCC(Nc2ccc(C#N)c(C(F)(F)F)c2)C1. The van der Waals surface area contributed by atoms with E-state index in [1.807, 2.05) is 12.5 Å². The van der Waals surface area contributed by atoms with E-state index < -0.39 is 20.1 Å². The van der Waals surface area contributed by atoms with Gasteiger partial charge in [0.05, 0.1) is 47.6 Å². The van der Waals surface area contributed by atoms with Crippen molar-refractivity contribution in [3.05, 3.63) is 53.6 Å². The van der Waals surface area contributed by atoms with E-state index in [0.29, 0.717) is 25.1 Å². The third kappa shape index (κ3) is 5.99. The molecule has 1 N–H and O–H groups in total. The fourth-order valence-electron chi connectivity index (χ4n) is 3.90. The third-order valence-electron chi connectivity index (χ3n) is 7.14. The van der Waals surface area contributed by atoms with Crippen LogP contribution in [0.5, 0.6) is 0 Å². The number of hydrogen-bond acceptors (Lipinski definition) is 4. The van der Waals surface area contributed by atoms with Gasteiger partial charge < -0.3 is 14.3 Å². The highest BCUT2D eigenvalue weighted by Crippen LogP contribution is 2.39. The van der Waals surface area contributed by atoms with Crippen LogP contribution in [-0.2, 0) is 16.1 Å². The summed E-state index contributed by atoms with van der Waals surface area (Å²) in [6.45, 7) is 16.0. The van der Waals surface area contributed by atoms with Crippen molar-refractivity contribution in [3.8, 4) is 6.07 Å². The molecule has 35 heavy (non-hydrogen) atoms. The Bertz CT molecular complexity index is 1140. The molecule has 0 bridgehead atoms. The van der Waals surface area contributed by atoms with Crippen LogP contribution < -0.4 is 5.32 Å². The standard InChI is InChI=1S/C26H35F3N4OSi/c1-24(2,3)35(6,7)34-16-25(4,5)33-17-31-15-23(33)18-8-10-20(12-18)32-21-11-9-19(14-30)22(13-21)26(27,28)29/h8-9,11,13,15,17,20,32H,10,12,16H2,1-7H3. The van der Waals surface area contributed by atoms with Crippen molar-refractivity contribution in [1.29, 1.82) is 5.26 Å². The van der Waals surface area contributed by atoms with Gasteiger partial charge in [-0.2, -0.15) is 18.4 Å². The van der Waals surface area contributed by atoms with Gasteiger partial charge in [0.1, 0.15) is 0 Å². The molecule has 9 heteroatoms. The van der Waals surface area contributed by atoms with Gasteiger partial charge in [-0.15, -0.1) is 0 Å². The maximum absolute atomic E-state index is 13.3. The minimum absolute atomic E-state index is 0.0473. The number of aromatic nitrogens is 2. The predicted molar refractivity (Wildman–Crippen MR) is 135 cm³/mol. The zero-order valence-electron chi connectivity index (χ0n) is 21.5. The summed E-state index contributed by atoms with van der Waals surface area (Å²) in [6.07, 6.45) is 2.54. The van der Waals surface area contributed by atoms with Crippen molar-refractivity contribution < 1.29 is 17.6 Å². The fraction of sp³-hybridized carbons (Fsp3) is 0.538. The summed E-state index contributed by atoms with van der Waals surface area (Å²) in [5.41, 5.74) is 0.839. The first-order chi connectivity index (χ1) is 16.0. The highest BCUT2D eigenvalue weighted by molar-refractivity contribution is 6.74. The maximum Gasteiger partial charge on any atom is 0.417 e. The predicted octanol–water partition coefficient (Wildman–Crippen LogP) is 7.19. The third-order valence-corrected chi connectivity index (χ3v) is 11.6. The molecule has 0 saturated carbocycles. The average molecular weight is 505 g/mol. The smallest absolute Gasteiger partial charge is 0.414 e. The summed E-state index contributed by atoms with van der Waals surface area (Å²) >= 11 is 0. The number of hydrogen-bond donors (Lipinski definition) is 1. The van der Waals surface area contributed by atoms with E-state index in [4.69, 9.17) is 9.69 Å². The summed E-state index contributed by atoms with van der Waals surface area (Å²) in [7, 11) is -1.91. The van der Waals surface area contributed by atoms with Crippen LogP contribution in [0.4, 0.5) is 18.9 Å². The Labute approximate surface area is 207 Å². The Morgan fingerprint density at radius 1 is 1.20 bits per heavy atom. The van der Waals surface area contributed by atoms with E-state index in [2.05, 4.69) is 68.7 Å². The highest BCUT2D eigenvalue weighted by Gasteiger charge is 2.39. The van der Waals surface area contributed by atoms with Gasteiger partial charge in [-0.05, 0) is 68.6 Å². The lowest BCUT2D eigenvalue weighted by molar-refractivity contribution is -0.137. The Morgan fingerprint density at radius 3 is 2.49 bits per heavy atom. The van der Waals surface area contributed by atoms with Crippen LogP contribution in [-0.4, -0.2) is 30.5 Å². The van der Waals surface area contributed by atoms with E-state index >= 15 is 0 Å². The molecule has 1 aromatic heterocycles. The Kier molecular flexibility index (Phi) is 7.31. The van der Waals surface area contributed by atoms with Gasteiger partial charge in [0.25, 0.3) is 0 Å². The first kappa shape index (κ1) is 27.0. The molecule has 1 unspecified atom stereocenters. The van der Waals surface area contributed by atoms with Gasteiger partial charge in [0.15, 0.2) is 8.32 Å². The number of anilines is 1. The minimum atomic E-state index is -4.58. The first-order valence-electron chi connectivity index (χ1n) is 11.8. The number of imidazole rings is 1. The monoisotopic (exact) mass is 504 g/mol. The molecular weight excluding hydrogens is 469 g/mol. The number of alkyl halides is 3. The van der Waals surface area contributed by atoms with Gasteiger partial charge in [0, 0.05) is 11.7 Å². The summed E-state index contributed by atoms with van der Waals surface area (Å²) in [4.78, 5) is 4.39. The van der Waals surface area contributed by atoms with Crippen molar-refractivity contribution in [2.45, 2.75) is 83.3 Å². The molecule has 190 valence electrons. The Hall–Kier alpha value is -2.57. The number of nitriles is 1. The molecule has 5 nitrogen and oxygen atoms in total. The molecule has 0 spiro atoms. The Morgan fingerprint density at radius 2 is 1.89 bits per heavy atom. The molecule has 0 aliphatic heterocycles. The summed E-state index contributed by atoms with van der Waals surface area (Å²) < 4.78 is 48.6. The van der Waals surface area contributed by atoms with Crippen molar-refractivity contribution in [2.24, 2.45) is 0 Å². The minimum Gasteiger partial charge on any atom is -0.414 e. The van der Waals surface area contributed by atoms with Crippen molar-refractivity contribution in [1.82, 2.24) is 9.55 Å². The molecule has 0 fully saturated rings. The van der Waals surface area contributed by atoms with Crippen LogP contribution in [0.25, 0.3) is 5.57 Å². The van der Waals surface area contributed by atoms with E-state index in [1.54, 1.807) is 6.07 Å². The van der Waals surface area contributed by atoms with Crippen LogP contribution in [0.1, 0.15) is 64.3 Å². The van der Waals surface area contributed by atoms with Crippen LogP contribution in [0.3, 0.4) is 0 Å². The molecular formula is C26H35F3N4OSi. The lowest BCUT2D eigenvalue weighted by Gasteiger charge is -2.39. The lowest BCUT2D eigenvalue weighted by Crippen LogP contribution is -2.45. The van der Waals surface area contributed by atoms with Gasteiger partial charge in [-0.3, -0.25) is 0 Å². The summed E-state index contributed by atoms with van der Waals surface area (Å²) in [6, 6.07) is 5.33. The second-order valence-corrected chi connectivity index (χ2v) is 16.2. The zero-order chi connectivity index (χ0) is 26.2. The van der Waals surface area contributed by atoms with Crippen LogP contribution in [0.2, 0.25) is 18.1 Å². The molecule has 1 aromatic carbocycles. The van der Waals surface area contributed by atoms with Gasteiger partial charge >= 0.3 is 6.18 Å². The quantitative estimate of drug-likeness (QED) is 0.405. The zero-order valence-corrected chi connectivity index (χ0v) is 22.5. The molecule has 0 saturated heterocycles. The van der Waals surface area contributed by atoms with Crippen LogP contribution in [0, 0.1) is 11.3 Å². The van der Waals surface area contributed by atoms with Gasteiger partial charge in [0.2, 0.25) is 0 Å². The molecule has 1 aliphatic carbocycles. The molecule has 1 heterocycles. The molecule has 0 amide bonds. The Balaban J connectivity index is 1.72. The number of nitrogens with one attached hydrogen (secondary N) is 1. The molecule has 1 atom stereocenters. The second kappa shape index (κ2) is 9.47. The largest absolute Gasteiger partial charge is 0.417 e. The van der Waals surface area contributed by atoms with Crippen molar-refractivity contribution in [2.75, 3.05) is 11.9 Å². The van der Waals surface area contributed by atoms with Crippen molar-refractivity contribution >= 4 is 19.6 Å². The normalized spacial score (nSPS) is 17.3. The number of nitrogens with zero attached hydrogens (tertiary/aromatic N) is 3. The first-order valence-corrected chi connectivity index (χ1v) is 14.7. The molecule has 3 rings (SSSR count). The van der Waals surface area contributed by atoms with E-state index in [0.717, 1.165) is 17.3 Å². The number of rotatable bonds is 7. The van der Waals surface area contributed by atoms with Gasteiger partial charge in [-0.1, -0.05) is 26.8 Å². The molecule has 0 radical (unpaired) electrons. The average Bonchev–Trinajstić information content (AvgIpc) is 3.41. The van der Waals surface area contributed by atoms with Gasteiger partial charge in [-0.25, -0.2) is 4.98 Å². The lowest BCUT2D eigenvalue weighted by atomic mass is 10.0. The summed E-state index contributed by atoms with van der Waals surface area (Å²) in [5.74, 6) is 0. The topological polar surface area (TPSA) is 62.9 Å². The molecule has 1 aliphatic rings. The van der Waals surface area contributed by atoms with E-state index in [1.165, 1.54) is 12.1 Å². The summed E-state index contributed by atoms with van der Waals surface area (Å²) in [5, 5.41) is 12.3. The van der Waals surface area contributed by atoms with Crippen LogP contribution in [0.15, 0.2) is 36.8 Å². The van der Waals surface area contributed by atoms with Crippen LogP contribution >= 0.6 is 0 Å². The second-order valence-electron chi connectivity index (χ2n) is 11.4. The van der Waals surface area contributed by atoms with E-state index in [9.17, 15) is 13.2 Å².